The summed E-state index contributed by atoms with van der Waals surface area (Å²) < 4.78 is 4.75. The van der Waals surface area contributed by atoms with Crippen LogP contribution in [0.2, 0.25) is 0 Å². The van der Waals surface area contributed by atoms with Crippen LogP contribution in [0.3, 0.4) is 0 Å². The molecular weight excluding hydrogens is 580 g/mol. The Balaban J connectivity index is 1.76. The molecule has 0 aliphatic carbocycles. The third kappa shape index (κ3) is 5.34. The number of aryl methyl sites for hydroxylation is 2. The number of halogens is 1. The first-order valence-corrected chi connectivity index (χ1v) is 15.5. The number of aliphatic hydroxyl groups excluding tert-OH is 1. The van der Waals surface area contributed by atoms with E-state index >= 15 is 0 Å². The van der Waals surface area contributed by atoms with E-state index in [9.17, 15) is 14.4 Å². The lowest BCUT2D eigenvalue weighted by Crippen LogP contribution is -2.56. The van der Waals surface area contributed by atoms with Crippen molar-refractivity contribution in [2.45, 2.75) is 66.8 Å². The number of hydrogen-bond acceptors (Lipinski definition) is 6. The number of para-hydroxylation sites is 1. The molecule has 1 aromatic carbocycles. The van der Waals surface area contributed by atoms with Crippen molar-refractivity contribution in [3.63, 3.8) is 0 Å². The zero-order valence-electron chi connectivity index (χ0n) is 22.8. The highest BCUT2D eigenvalue weighted by Gasteiger charge is 2.76. The van der Waals surface area contributed by atoms with Crippen LogP contribution in [0.1, 0.15) is 43.2 Å². The van der Waals surface area contributed by atoms with Crippen LogP contribution in [0, 0.1) is 25.7 Å². The fraction of sp³-hybridized carbons (Fsp3) is 0.567. The van der Waals surface area contributed by atoms with Crippen LogP contribution < -0.4 is 4.90 Å². The Hall–Kier alpha value is -2.10. The van der Waals surface area contributed by atoms with E-state index in [4.69, 9.17) is 9.84 Å². The number of fused-ring (bicyclic) bond motifs is 1. The number of likely N-dealkylation sites (tertiary alicyclic amines) is 1. The number of rotatable bonds is 13. The summed E-state index contributed by atoms with van der Waals surface area (Å²) in [6, 6.07) is 5.24. The molecule has 6 atom stereocenters. The highest BCUT2D eigenvalue weighted by Crippen LogP contribution is 2.68. The molecule has 1 aromatic rings. The lowest BCUT2D eigenvalue weighted by atomic mass is 9.71. The van der Waals surface area contributed by atoms with Gasteiger partial charge in [-0.15, -0.1) is 18.3 Å². The van der Waals surface area contributed by atoms with Gasteiger partial charge in [0.15, 0.2) is 0 Å². The van der Waals surface area contributed by atoms with E-state index in [1.165, 1.54) is 6.08 Å². The first-order chi connectivity index (χ1) is 18.7. The summed E-state index contributed by atoms with van der Waals surface area (Å²) in [7, 11) is 0. The van der Waals surface area contributed by atoms with E-state index in [2.05, 4.69) is 29.1 Å². The van der Waals surface area contributed by atoms with Crippen molar-refractivity contribution in [1.29, 1.82) is 0 Å². The third-order valence-corrected chi connectivity index (χ3v) is 11.5. The minimum Gasteiger partial charge on any atom is -0.461 e. The molecule has 3 unspecified atom stereocenters. The molecule has 2 bridgehead atoms. The maximum Gasteiger partial charge on any atom is 0.311 e. The smallest absolute Gasteiger partial charge is 0.311 e. The Bertz CT molecular complexity index is 1110. The van der Waals surface area contributed by atoms with Gasteiger partial charge < -0.3 is 19.6 Å². The van der Waals surface area contributed by atoms with Crippen molar-refractivity contribution in [2.24, 2.45) is 11.8 Å². The topological polar surface area (TPSA) is 87.2 Å². The summed E-state index contributed by atoms with van der Waals surface area (Å²) in [6.07, 6.45) is 7.00. The first-order valence-electron chi connectivity index (χ1n) is 13.7. The number of thioether (sulfide) groups is 1. The van der Waals surface area contributed by atoms with Gasteiger partial charge in [0.05, 0.1) is 16.6 Å². The van der Waals surface area contributed by atoms with E-state index in [-0.39, 0.29) is 35.1 Å². The second kappa shape index (κ2) is 12.6. The zero-order valence-corrected chi connectivity index (χ0v) is 25.2. The Kier molecular flexibility index (Phi) is 9.65. The Morgan fingerprint density at radius 2 is 1.90 bits per heavy atom. The molecule has 4 rings (SSSR count). The van der Waals surface area contributed by atoms with E-state index in [1.54, 1.807) is 27.6 Å². The van der Waals surface area contributed by atoms with Gasteiger partial charge in [0, 0.05) is 35.5 Å². The zero-order chi connectivity index (χ0) is 28.3. The molecular formula is C30H39BrN2O5S. The molecule has 3 fully saturated rings. The van der Waals surface area contributed by atoms with Gasteiger partial charge in [0.1, 0.15) is 12.6 Å². The molecule has 0 aromatic heterocycles. The fourth-order valence-corrected chi connectivity index (χ4v) is 10.3. The molecule has 212 valence electrons. The lowest BCUT2D eigenvalue weighted by molar-refractivity contribution is -0.153. The second-order valence-electron chi connectivity index (χ2n) is 10.7. The van der Waals surface area contributed by atoms with Gasteiger partial charge in [-0.3, -0.25) is 14.4 Å². The predicted molar refractivity (Wildman–Crippen MR) is 159 cm³/mol. The predicted octanol–water partition coefficient (Wildman–Crippen LogP) is 4.57. The third-order valence-electron chi connectivity index (χ3n) is 8.23. The second-order valence-corrected chi connectivity index (χ2v) is 13.4. The van der Waals surface area contributed by atoms with Crippen molar-refractivity contribution in [3.05, 3.63) is 54.6 Å². The van der Waals surface area contributed by atoms with E-state index < -0.39 is 28.6 Å². The van der Waals surface area contributed by atoms with E-state index in [1.807, 2.05) is 32.0 Å². The summed E-state index contributed by atoms with van der Waals surface area (Å²) in [6.45, 7) is 12.5. The number of alkyl halides is 1. The normalized spacial score (nSPS) is 28.9. The van der Waals surface area contributed by atoms with Gasteiger partial charge in [0.2, 0.25) is 5.91 Å². The standard InChI is InChI=1S/C30H39BrN2O5S/c1-5-14-32(24-19(3)12-11-13-20(24)4)28(36)26-30-18-21(31)25(39-30)22(29(37)38-17-6-2)23(30)27(35)33(26)15-9-7-8-10-16-34/h5-6,11-13,21-23,25-26,34H,1-2,7-10,14-18H2,3-4H3/t21?,22-,23+,25-,26?,30?/m1/s1. The van der Waals surface area contributed by atoms with Crippen LogP contribution in [-0.2, 0) is 19.1 Å². The first kappa shape index (κ1) is 29.9. The van der Waals surface area contributed by atoms with Crippen LogP contribution >= 0.6 is 27.7 Å². The summed E-state index contributed by atoms with van der Waals surface area (Å²) in [4.78, 5) is 45.7. The molecule has 0 saturated carbocycles. The van der Waals surface area contributed by atoms with E-state index in [0.29, 0.717) is 25.9 Å². The Morgan fingerprint density at radius 3 is 2.54 bits per heavy atom. The van der Waals surface area contributed by atoms with Crippen molar-refractivity contribution < 1.29 is 24.2 Å². The summed E-state index contributed by atoms with van der Waals surface area (Å²) in [5.41, 5.74) is 2.80. The summed E-state index contributed by atoms with van der Waals surface area (Å²) in [5.74, 6) is -1.90. The van der Waals surface area contributed by atoms with Crippen molar-refractivity contribution in [3.8, 4) is 0 Å². The molecule has 3 aliphatic heterocycles. The number of unbranched alkanes of at least 4 members (excludes halogenated alkanes) is 3. The molecule has 39 heavy (non-hydrogen) atoms. The molecule has 9 heteroatoms. The van der Waals surface area contributed by atoms with Crippen LogP contribution in [0.4, 0.5) is 5.69 Å². The van der Waals surface area contributed by atoms with Gasteiger partial charge in [-0.1, -0.05) is 65.7 Å². The maximum atomic E-state index is 14.7. The van der Waals surface area contributed by atoms with Gasteiger partial charge in [-0.2, -0.15) is 0 Å². The molecule has 2 amide bonds. The number of amides is 2. The van der Waals surface area contributed by atoms with Gasteiger partial charge >= 0.3 is 5.97 Å². The highest BCUT2D eigenvalue weighted by atomic mass is 79.9. The van der Waals surface area contributed by atoms with Gasteiger partial charge in [0.25, 0.3) is 5.91 Å². The molecule has 7 nitrogen and oxygen atoms in total. The molecule has 1 spiro atoms. The van der Waals surface area contributed by atoms with Gasteiger partial charge in [-0.05, 0) is 44.2 Å². The molecule has 3 aliphatic rings. The number of hydrogen-bond donors (Lipinski definition) is 1. The quantitative estimate of drug-likeness (QED) is 0.151. The number of nitrogens with zero attached hydrogens (tertiary/aromatic N) is 2. The maximum absolute atomic E-state index is 14.7. The number of esters is 1. The number of aliphatic hydroxyl groups is 1. The Labute approximate surface area is 244 Å². The number of anilines is 1. The SMILES string of the molecule is C=CCOC(=O)[C@H]1[C@@H]2SC3(CC2Br)C(C(=O)N(CC=C)c2c(C)cccc2C)N(CCCCCCO)C(=O)[C@H]13. The summed E-state index contributed by atoms with van der Waals surface area (Å²) >= 11 is 5.41. The largest absolute Gasteiger partial charge is 0.461 e. The number of carbonyl (C=O) groups excluding carboxylic acids is 3. The molecule has 1 N–H and O–H groups in total. The number of ether oxygens (including phenoxy) is 1. The van der Waals surface area contributed by atoms with Crippen molar-refractivity contribution in [2.75, 3.05) is 31.2 Å². The fourth-order valence-electron chi connectivity index (χ4n) is 6.70. The minimum absolute atomic E-state index is 0.0133. The molecule has 3 saturated heterocycles. The monoisotopic (exact) mass is 618 g/mol. The lowest BCUT2D eigenvalue weighted by Gasteiger charge is -2.38. The number of benzene rings is 1. The van der Waals surface area contributed by atoms with Gasteiger partial charge in [-0.25, -0.2) is 0 Å². The van der Waals surface area contributed by atoms with Crippen molar-refractivity contribution >= 4 is 51.2 Å². The molecule has 3 heterocycles. The van der Waals surface area contributed by atoms with Crippen LogP contribution in [-0.4, -0.2) is 75.0 Å². The van der Waals surface area contributed by atoms with E-state index in [0.717, 1.165) is 36.1 Å². The average Bonchev–Trinajstić information content (AvgIpc) is 3.49. The number of carbonyl (C=O) groups is 3. The average molecular weight is 620 g/mol. The minimum atomic E-state index is -0.730. The molecule has 0 radical (unpaired) electrons. The van der Waals surface area contributed by atoms with Crippen LogP contribution in [0.15, 0.2) is 43.5 Å². The summed E-state index contributed by atoms with van der Waals surface area (Å²) in [5, 5.41) is 9.02. The van der Waals surface area contributed by atoms with Crippen molar-refractivity contribution in [1.82, 2.24) is 4.90 Å². The highest BCUT2D eigenvalue weighted by molar-refractivity contribution is 9.09. The van der Waals surface area contributed by atoms with Crippen LogP contribution in [0.25, 0.3) is 0 Å². The Morgan fingerprint density at radius 1 is 1.21 bits per heavy atom. The van der Waals surface area contributed by atoms with Crippen LogP contribution in [0.5, 0.6) is 0 Å².